The van der Waals surface area contributed by atoms with E-state index in [1.165, 1.54) is 24.3 Å². The number of halogens is 3. The van der Waals surface area contributed by atoms with Crippen molar-refractivity contribution >= 4 is 17.6 Å². The number of ether oxygens (including phenoxy) is 1. The largest absolute Gasteiger partial charge is 0.482 e. The standard InChI is InChI=1S/C27H29F3N4O4/c1-15(2)10-21(26(36)37)31-13-27(29,30)14-34-25(17-4-7-19(28)8-5-17)24(16(3)33-34)18-6-9-22-20(11-18)32-23(35)12-38-22/h4-9,11,15,21,31H,10,12-14H2,1-3H3,(H,32,35)(H,36,37)/t21-/m0/s1. The Kier molecular flexibility index (Phi) is 7.77. The number of fused-ring (bicyclic) bond motifs is 1. The van der Waals surface area contributed by atoms with E-state index in [0.29, 0.717) is 39.5 Å². The van der Waals surface area contributed by atoms with Crippen LogP contribution >= 0.6 is 0 Å². The first-order valence-electron chi connectivity index (χ1n) is 12.2. The first-order chi connectivity index (χ1) is 17.9. The average molecular weight is 531 g/mol. The van der Waals surface area contributed by atoms with E-state index in [-0.39, 0.29) is 24.9 Å². The molecule has 2 heterocycles. The van der Waals surface area contributed by atoms with Crippen LogP contribution in [0.5, 0.6) is 5.75 Å². The zero-order chi connectivity index (χ0) is 27.6. The smallest absolute Gasteiger partial charge is 0.320 e. The van der Waals surface area contributed by atoms with Gasteiger partial charge in [-0.3, -0.25) is 19.6 Å². The third kappa shape index (κ3) is 6.16. The molecule has 0 radical (unpaired) electrons. The van der Waals surface area contributed by atoms with E-state index in [0.717, 1.165) is 4.68 Å². The number of rotatable bonds is 10. The van der Waals surface area contributed by atoms with Gasteiger partial charge in [0.25, 0.3) is 11.8 Å². The van der Waals surface area contributed by atoms with Gasteiger partial charge in [0, 0.05) is 11.1 Å². The van der Waals surface area contributed by atoms with E-state index in [1.807, 2.05) is 13.8 Å². The third-order valence-electron chi connectivity index (χ3n) is 6.14. The second-order valence-electron chi connectivity index (χ2n) is 9.78. The number of alkyl halides is 2. The van der Waals surface area contributed by atoms with Crippen LogP contribution in [0.3, 0.4) is 0 Å². The van der Waals surface area contributed by atoms with Crippen LogP contribution in [0, 0.1) is 18.7 Å². The zero-order valence-corrected chi connectivity index (χ0v) is 21.2. The number of aliphatic carboxylic acids is 1. The number of carboxylic acids is 1. The van der Waals surface area contributed by atoms with E-state index in [1.54, 1.807) is 25.1 Å². The van der Waals surface area contributed by atoms with Crippen molar-refractivity contribution in [3.05, 3.63) is 54.0 Å². The Hall–Kier alpha value is -3.86. The van der Waals surface area contributed by atoms with Crippen LogP contribution in [0.1, 0.15) is 26.0 Å². The maximum Gasteiger partial charge on any atom is 0.320 e. The molecule has 0 fully saturated rings. The fourth-order valence-corrected chi connectivity index (χ4v) is 4.47. The fraction of sp³-hybridized carbons (Fsp3) is 0.370. The van der Waals surface area contributed by atoms with E-state index >= 15 is 8.78 Å². The van der Waals surface area contributed by atoms with Crippen molar-refractivity contribution < 1.29 is 32.6 Å². The van der Waals surface area contributed by atoms with Crippen LogP contribution in [0.15, 0.2) is 42.5 Å². The van der Waals surface area contributed by atoms with Crippen LogP contribution in [0.2, 0.25) is 0 Å². The summed E-state index contributed by atoms with van der Waals surface area (Å²) in [4.78, 5) is 23.3. The highest BCUT2D eigenvalue weighted by Gasteiger charge is 2.34. The normalized spacial score (nSPS) is 14.1. The van der Waals surface area contributed by atoms with Crippen molar-refractivity contribution in [1.82, 2.24) is 15.1 Å². The van der Waals surface area contributed by atoms with Gasteiger partial charge in [-0.1, -0.05) is 19.9 Å². The Morgan fingerprint density at radius 2 is 1.89 bits per heavy atom. The monoisotopic (exact) mass is 530 g/mol. The molecule has 1 aliphatic heterocycles. The number of hydrogen-bond donors (Lipinski definition) is 3. The van der Waals surface area contributed by atoms with Crippen molar-refractivity contribution in [1.29, 1.82) is 0 Å². The average Bonchev–Trinajstić information content (AvgIpc) is 3.16. The molecule has 8 nitrogen and oxygen atoms in total. The number of amides is 1. The Morgan fingerprint density at radius 3 is 2.55 bits per heavy atom. The van der Waals surface area contributed by atoms with Crippen molar-refractivity contribution in [3.63, 3.8) is 0 Å². The summed E-state index contributed by atoms with van der Waals surface area (Å²) in [6.45, 7) is 3.50. The molecular weight excluding hydrogens is 501 g/mol. The molecule has 38 heavy (non-hydrogen) atoms. The van der Waals surface area contributed by atoms with Crippen molar-refractivity contribution in [2.24, 2.45) is 5.92 Å². The topological polar surface area (TPSA) is 105 Å². The summed E-state index contributed by atoms with van der Waals surface area (Å²) in [5, 5.41) is 19.0. The van der Waals surface area contributed by atoms with Crippen LogP contribution < -0.4 is 15.4 Å². The predicted octanol–water partition coefficient (Wildman–Crippen LogP) is 4.72. The van der Waals surface area contributed by atoms with Gasteiger partial charge in [-0.25, -0.2) is 13.2 Å². The van der Waals surface area contributed by atoms with Gasteiger partial charge in [0.2, 0.25) is 0 Å². The predicted molar refractivity (Wildman–Crippen MR) is 136 cm³/mol. The number of nitrogens with one attached hydrogen (secondary N) is 2. The lowest BCUT2D eigenvalue weighted by molar-refractivity contribution is -0.140. The molecule has 0 bridgehead atoms. The molecule has 1 amide bonds. The summed E-state index contributed by atoms with van der Waals surface area (Å²) >= 11 is 0. The summed E-state index contributed by atoms with van der Waals surface area (Å²) in [5.74, 6) is -4.86. The lowest BCUT2D eigenvalue weighted by atomic mass is 9.98. The minimum atomic E-state index is -3.35. The molecule has 0 unspecified atom stereocenters. The Morgan fingerprint density at radius 1 is 1.21 bits per heavy atom. The molecule has 11 heteroatoms. The van der Waals surface area contributed by atoms with Crippen molar-refractivity contribution in [2.75, 3.05) is 18.5 Å². The minimum absolute atomic E-state index is 0.00502. The summed E-state index contributed by atoms with van der Waals surface area (Å²) < 4.78 is 50.7. The number of benzene rings is 2. The van der Waals surface area contributed by atoms with Crippen LogP contribution in [0.4, 0.5) is 18.9 Å². The third-order valence-corrected chi connectivity index (χ3v) is 6.14. The van der Waals surface area contributed by atoms with E-state index in [4.69, 9.17) is 4.74 Å². The minimum Gasteiger partial charge on any atom is -0.482 e. The lowest BCUT2D eigenvalue weighted by Gasteiger charge is -2.23. The zero-order valence-electron chi connectivity index (χ0n) is 21.2. The maximum atomic E-state index is 15.2. The van der Waals surface area contributed by atoms with Gasteiger partial charge in [0.1, 0.15) is 24.2 Å². The number of aryl methyl sites for hydroxylation is 1. The summed E-state index contributed by atoms with van der Waals surface area (Å²) in [6.07, 6.45) is 0.204. The second-order valence-corrected chi connectivity index (χ2v) is 9.78. The van der Waals surface area contributed by atoms with Gasteiger partial charge >= 0.3 is 5.97 Å². The molecule has 0 saturated heterocycles. The number of aromatic nitrogens is 2. The van der Waals surface area contributed by atoms with Gasteiger partial charge in [-0.05, 0) is 61.2 Å². The molecule has 3 aromatic rings. The van der Waals surface area contributed by atoms with E-state index < -0.39 is 36.8 Å². The molecule has 0 saturated carbocycles. The van der Waals surface area contributed by atoms with Crippen LogP contribution in [-0.4, -0.2) is 51.9 Å². The van der Waals surface area contributed by atoms with E-state index in [9.17, 15) is 19.1 Å². The SMILES string of the molecule is Cc1nn(CC(F)(F)CN[C@@H](CC(C)C)C(=O)O)c(-c2ccc(F)cc2)c1-c1ccc2c(c1)NC(=O)CO2. The van der Waals surface area contributed by atoms with Gasteiger partial charge in [0.05, 0.1) is 23.6 Å². The van der Waals surface area contributed by atoms with Gasteiger partial charge < -0.3 is 15.2 Å². The van der Waals surface area contributed by atoms with Gasteiger partial charge in [-0.15, -0.1) is 0 Å². The Bertz CT molecular complexity index is 1340. The van der Waals surface area contributed by atoms with Crippen LogP contribution in [-0.2, 0) is 16.1 Å². The Labute approximate surface area is 217 Å². The first-order valence-corrected chi connectivity index (χ1v) is 12.2. The van der Waals surface area contributed by atoms with Crippen molar-refractivity contribution in [3.8, 4) is 28.1 Å². The molecule has 1 aromatic heterocycles. The van der Waals surface area contributed by atoms with Gasteiger partial charge in [-0.2, -0.15) is 5.10 Å². The quantitative estimate of drug-likeness (QED) is 0.350. The van der Waals surface area contributed by atoms with E-state index in [2.05, 4.69) is 15.7 Å². The number of anilines is 1. The number of hydrogen-bond acceptors (Lipinski definition) is 5. The maximum absolute atomic E-state index is 15.2. The Balaban J connectivity index is 1.71. The first kappa shape index (κ1) is 27.2. The molecule has 2 aromatic carbocycles. The van der Waals surface area contributed by atoms with Crippen molar-refractivity contribution in [2.45, 2.75) is 45.7 Å². The van der Waals surface area contributed by atoms with Gasteiger partial charge in [0.15, 0.2) is 6.61 Å². The fourth-order valence-electron chi connectivity index (χ4n) is 4.47. The summed E-state index contributed by atoms with van der Waals surface area (Å²) in [5.41, 5.74) is 2.82. The highest BCUT2D eigenvalue weighted by atomic mass is 19.3. The summed E-state index contributed by atoms with van der Waals surface area (Å²) in [6, 6.07) is 9.40. The number of carbonyl (C=O) groups excluding carboxylic acids is 1. The highest BCUT2D eigenvalue weighted by molar-refractivity contribution is 5.97. The van der Waals surface area contributed by atoms with Crippen LogP contribution in [0.25, 0.3) is 22.4 Å². The summed E-state index contributed by atoms with van der Waals surface area (Å²) in [7, 11) is 0. The molecule has 0 aliphatic carbocycles. The molecule has 202 valence electrons. The molecule has 1 aliphatic rings. The molecule has 0 spiro atoms. The number of carboxylic acid groups (broad SMARTS) is 1. The lowest BCUT2D eigenvalue weighted by Crippen LogP contribution is -2.45. The number of carbonyl (C=O) groups is 2. The second kappa shape index (κ2) is 10.9. The molecule has 4 rings (SSSR count). The highest BCUT2D eigenvalue weighted by Crippen LogP contribution is 2.39. The number of nitrogens with zero attached hydrogens (tertiary/aromatic N) is 2. The molecule has 3 N–H and O–H groups in total. The molecular formula is C27H29F3N4O4. The molecule has 1 atom stereocenters.